The Kier molecular flexibility index (Phi) is 7.30. The Morgan fingerprint density at radius 1 is 1.03 bits per heavy atom. The van der Waals surface area contributed by atoms with E-state index in [-0.39, 0.29) is 16.5 Å². The van der Waals surface area contributed by atoms with Gasteiger partial charge in [0.05, 0.1) is 22.9 Å². The van der Waals surface area contributed by atoms with Gasteiger partial charge in [-0.2, -0.15) is 0 Å². The number of nitrogens with one attached hydrogen (secondary N) is 3. The maximum atomic E-state index is 14.0. The molecule has 0 saturated carbocycles. The van der Waals surface area contributed by atoms with E-state index in [1.54, 1.807) is 36.4 Å². The summed E-state index contributed by atoms with van der Waals surface area (Å²) in [6, 6.07) is 14.5. The molecule has 3 aromatic carbocycles. The molecule has 35 heavy (non-hydrogen) atoms. The normalized spacial score (nSPS) is 15.1. The fourth-order valence-corrected chi connectivity index (χ4v) is 5.62. The Labute approximate surface area is 211 Å². The number of anilines is 2. The second-order valence-electron chi connectivity index (χ2n) is 8.01. The molecule has 0 unspecified atom stereocenters. The predicted octanol–water partition coefficient (Wildman–Crippen LogP) is 4.41. The molecule has 1 aliphatic rings. The molecule has 1 atom stereocenters. The SMILES string of the molecule is O=C(NCc1ccc(Cl)cc1)c1ccc2c(c1)NC(=O)[C@H](CS(=O)(=O)Cc1c(F)cccc1Cl)N2. The zero-order chi connectivity index (χ0) is 25.2. The number of amides is 2. The molecule has 1 aliphatic heterocycles. The first kappa shape index (κ1) is 25.0. The molecular weight excluding hydrogens is 516 g/mol. The van der Waals surface area contributed by atoms with Gasteiger partial charge in [-0.05, 0) is 48.0 Å². The van der Waals surface area contributed by atoms with Gasteiger partial charge in [0, 0.05) is 27.7 Å². The summed E-state index contributed by atoms with van der Waals surface area (Å²) in [6.07, 6.45) is 0. The van der Waals surface area contributed by atoms with Crippen LogP contribution in [0.5, 0.6) is 0 Å². The molecule has 3 N–H and O–H groups in total. The van der Waals surface area contributed by atoms with Crippen molar-refractivity contribution in [3.05, 3.63) is 93.2 Å². The Balaban J connectivity index is 1.42. The summed E-state index contributed by atoms with van der Waals surface area (Å²) in [4.78, 5) is 25.1. The third-order valence-electron chi connectivity index (χ3n) is 5.40. The fraction of sp³-hybridized carbons (Fsp3) is 0.167. The zero-order valence-corrected chi connectivity index (χ0v) is 20.5. The van der Waals surface area contributed by atoms with Crippen molar-refractivity contribution in [1.29, 1.82) is 0 Å². The molecule has 182 valence electrons. The van der Waals surface area contributed by atoms with Gasteiger partial charge in [0.2, 0.25) is 5.91 Å². The lowest BCUT2D eigenvalue weighted by Gasteiger charge is -2.27. The number of rotatable bonds is 7. The molecule has 7 nitrogen and oxygen atoms in total. The van der Waals surface area contributed by atoms with Crippen molar-refractivity contribution < 1.29 is 22.4 Å². The number of halogens is 3. The summed E-state index contributed by atoms with van der Waals surface area (Å²) >= 11 is 11.8. The van der Waals surface area contributed by atoms with E-state index < -0.39 is 39.1 Å². The molecule has 2 amide bonds. The van der Waals surface area contributed by atoms with Crippen molar-refractivity contribution in [2.75, 3.05) is 16.4 Å². The summed E-state index contributed by atoms with van der Waals surface area (Å²) in [7, 11) is -3.89. The van der Waals surface area contributed by atoms with E-state index in [2.05, 4.69) is 16.0 Å². The number of carbonyl (C=O) groups excluding carboxylic acids is 2. The molecule has 3 aromatic rings. The number of sulfone groups is 1. The van der Waals surface area contributed by atoms with Gasteiger partial charge in [0.1, 0.15) is 11.9 Å². The lowest BCUT2D eigenvalue weighted by Crippen LogP contribution is -2.43. The van der Waals surface area contributed by atoms with Gasteiger partial charge in [-0.3, -0.25) is 9.59 Å². The van der Waals surface area contributed by atoms with Crippen molar-refractivity contribution in [1.82, 2.24) is 5.32 Å². The summed E-state index contributed by atoms with van der Waals surface area (Å²) in [5.41, 5.74) is 1.86. The van der Waals surface area contributed by atoms with E-state index in [4.69, 9.17) is 23.2 Å². The summed E-state index contributed by atoms with van der Waals surface area (Å²) < 4.78 is 39.4. The number of fused-ring (bicyclic) bond motifs is 1. The molecule has 0 aliphatic carbocycles. The van der Waals surface area contributed by atoms with Crippen LogP contribution in [0.1, 0.15) is 21.5 Å². The van der Waals surface area contributed by atoms with Crippen LogP contribution in [0.15, 0.2) is 60.7 Å². The summed E-state index contributed by atoms with van der Waals surface area (Å²) in [5, 5.41) is 8.91. The van der Waals surface area contributed by atoms with Crippen LogP contribution >= 0.6 is 23.2 Å². The zero-order valence-electron chi connectivity index (χ0n) is 18.1. The van der Waals surface area contributed by atoms with Gasteiger partial charge in [-0.25, -0.2) is 12.8 Å². The van der Waals surface area contributed by atoms with Crippen molar-refractivity contribution in [2.24, 2.45) is 0 Å². The van der Waals surface area contributed by atoms with Crippen molar-refractivity contribution >= 4 is 56.2 Å². The van der Waals surface area contributed by atoms with Crippen molar-refractivity contribution in [3.63, 3.8) is 0 Å². The predicted molar refractivity (Wildman–Crippen MR) is 134 cm³/mol. The van der Waals surface area contributed by atoms with Crippen molar-refractivity contribution in [2.45, 2.75) is 18.3 Å². The molecule has 0 spiro atoms. The maximum Gasteiger partial charge on any atom is 0.251 e. The van der Waals surface area contributed by atoms with Crippen LogP contribution in [0.3, 0.4) is 0 Å². The molecule has 0 bridgehead atoms. The molecule has 0 fully saturated rings. The number of benzene rings is 3. The second kappa shape index (κ2) is 10.2. The Bertz CT molecular complexity index is 1380. The van der Waals surface area contributed by atoms with Gasteiger partial charge >= 0.3 is 0 Å². The van der Waals surface area contributed by atoms with E-state index >= 15 is 0 Å². The van der Waals surface area contributed by atoms with Crippen molar-refractivity contribution in [3.8, 4) is 0 Å². The standard InChI is InChI=1S/C24H20Cl2FN3O4S/c25-16-7-4-14(5-8-16)11-28-23(31)15-6-9-20-21(10-15)30-24(32)22(29-20)13-35(33,34)12-17-18(26)2-1-3-19(17)27/h1-10,22,29H,11-13H2,(H,28,31)(H,30,32)/t22-/m0/s1. The first-order valence-corrected chi connectivity index (χ1v) is 13.1. The Morgan fingerprint density at radius 2 is 1.77 bits per heavy atom. The Morgan fingerprint density at radius 3 is 2.49 bits per heavy atom. The highest BCUT2D eigenvalue weighted by Gasteiger charge is 2.31. The van der Waals surface area contributed by atoms with Gasteiger partial charge in [0.25, 0.3) is 5.91 Å². The number of hydrogen-bond acceptors (Lipinski definition) is 5. The lowest BCUT2D eigenvalue weighted by atomic mass is 10.1. The van der Waals surface area contributed by atoms with Crippen LogP contribution in [-0.2, 0) is 26.9 Å². The largest absolute Gasteiger partial charge is 0.371 e. The highest BCUT2D eigenvalue weighted by molar-refractivity contribution is 7.90. The minimum Gasteiger partial charge on any atom is -0.371 e. The minimum atomic E-state index is -3.89. The van der Waals surface area contributed by atoms with E-state index in [1.165, 1.54) is 18.2 Å². The molecule has 1 heterocycles. The lowest BCUT2D eigenvalue weighted by molar-refractivity contribution is -0.116. The highest BCUT2D eigenvalue weighted by Crippen LogP contribution is 2.29. The van der Waals surface area contributed by atoms with Gasteiger partial charge < -0.3 is 16.0 Å². The summed E-state index contributed by atoms with van der Waals surface area (Å²) in [6.45, 7) is 0.295. The smallest absolute Gasteiger partial charge is 0.251 e. The van der Waals surface area contributed by atoms with E-state index in [0.717, 1.165) is 11.6 Å². The van der Waals surface area contributed by atoms with Crippen LogP contribution < -0.4 is 16.0 Å². The second-order valence-corrected chi connectivity index (χ2v) is 11.0. The average Bonchev–Trinajstić information content (AvgIpc) is 2.81. The maximum absolute atomic E-state index is 14.0. The van der Waals surface area contributed by atoms with Gasteiger partial charge in [-0.15, -0.1) is 0 Å². The third-order valence-corrected chi connectivity index (χ3v) is 7.57. The van der Waals surface area contributed by atoms with Crippen LogP contribution in [0, 0.1) is 5.82 Å². The van der Waals surface area contributed by atoms with Crippen LogP contribution in [0.25, 0.3) is 0 Å². The average molecular weight is 536 g/mol. The van der Waals surface area contributed by atoms with Crippen LogP contribution in [0.2, 0.25) is 10.0 Å². The molecule has 0 aromatic heterocycles. The highest BCUT2D eigenvalue weighted by atomic mass is 35.5. The Hall–Kier alpha value is -3.14. The molecule has 4 rings (SSSR count). The first-order valence-electron chi connectivity index (χ1n) is 10.5. The molecule has 11 heteroatoms. The van der Waals surface area contributed by atoms with E-state index in [9.17, 15) is 22.4 Å². The topological polar surface area (TPSA) is 104 Å². The van der Waals surface area contributed by atoms with Gasteiger partial charge in [0.15, 0.2) is 9.84 Å². The van der Waals surface area contributed by atoms with Gasteiger partial charge in [-0.1, -0.05) is 41.4 Å². The molecule has 0 saturated heterocycles. The quantitative estimate of drug-likeness (QED) is 0.415. The summed E-state index contributed by atoms with van der Waals surface area (Å²) in [5.74, 6) is -2.85. The number of hydrogen-bond donors (Lipinski definition) is 3. The van der Waals surface area contributed by atoms with E-state index in [1.807, 2.05) is 0 Å². The first-order chi connectivity index (χ1) is 16.6. The minimum absolute atomic E-state index is 0.00171. The fourth-order valence-electron chi connectivity index (χ4n) is 3.59. The number of carbonyl (C=O) groups is 2. The molecular formula is C24H20Cl2FN3O4S. The van der Waals surface area contributed by atoms with E-state index in [0.29, 0.717) is 28.5 Å². The third kappa shape index (κ3) is 6.11. The van der Waals surface area contributed by atoms with Crippen LogP contribution in [0.4, 0.5) is 15.8 Å². The monoisotopic (exact) mass is 535 g/mol. The molecule has 0 radical (unpaired) electrons. The van der Waals surface area contributed by atoms with Crippen LogP contribution in [-0.4, -0.2) is 32.0 Å².